The second kappa shape index (κ2) is 6.43. The molecular formula is C14H16F4N2O. The summed E-state index contributed by atoms with van der Waals surface area (Å²) in [5, 5.41) is 5.68. The van der Waals surface area contributed by atoms with Crippen LogP contribution in [0.1, 0.15) is 28.8 Å². The maximum atomic E-state index is 13.8. The van der Waals surface area contributed by atoms with Gasteiger partial charge >= 0.3 is 6.18 Å². The van der Waals surface area contributed by atoms with Crippen molar-refractivity contribution in [2.45, 2.75) is 19.0 Å². The van der Waals surface area contributed by atoms with Gasteiger partial charge in [0.15, 0.2) is 0 Å². The molecule has 0 radical (unpaired) electrons. The second-order valence-corrected chi connectivity index (χ2v) is 5.07. The van der Waals surface area contributed by atoms with Crippen LogP contribution in [0.25, 0.3) is 0 Å². The average Bonchev–Trinajstić information content (AvgIpc) is 2.45. The highest BCUT2D eigenvalue weighted by Crippen LogP contribution is 2.32. The lowest BCUT2D eigenvalue weighted by Gasteiger charge is -2.22. The zero-order chi connectivity index (χ0) is 15.5. The average molecular weight is 304 g/mol. The molecule has 1 aliphatic rings. The molecule has 7 heteroatoms. The maximum Gasteiger partial charge on any atom is 0.419 e. The van der Waals surface area contributed by atoms with Crippen molar-refractivity contribution in [3.8, 4) is 0 Å². The minimum absolute atomic E-state index is 0.268. The largest absolute Gasteiger partial charge is 0.419 e. The minimum Gasteiger partial charge on any atom is -0.352 e. The molecule has 0 aromatic heterocycles. The molecule has 3 nitrogen and oxygen atoms in total. The molecule has 1 aromatic carbocycles. The molecule has 1 heterocycles. The van der Waals surface area contributed by atoms with E-state index in [1.807, 2.05) is 0 Å². The van der Waals surface area contributed by atoms with Gasteiger partial charge in [-0.15, -0.1) is 0 Å². The third kappa shape index (κ3) is 3.93. The fourth-order valence-corrected chi connectivity index (χ4v) is 2.34. The van der Waals surface area contributed by atoms with E-state index in [9.17, 15) is 22.4 Å². The van der Waals surface area contributed by atoms with Gasteiger partial charge in [0.2, 0.25) is 0 Å². The predicted molar refractivity (Wildman–Crippen MR) is 69.3 cm³/mol. The van der Waals surface area contributed by atoms with Crippen LogP contribution in [0.15, 0.2) is 18.2 Å². The van der Waals surface area contributed by atoms with Crippen molar-refractivity contribution < 1.29 is 22.4 Å². The van der Waals surface area contributed by atoms with E-state index in [-0.39, 0.29) is 5.92 Å². The molecule has 1 aromatic rings. The van der Waals surface area contributed by atoms with Crippen LogP contribution >= 0.6 is 0 Å². The summed E-state index contributed by atoms with van der Waals surface area (Å²) in [6.45, 7) is 2.03. The Morgan fingerprint density at radius 3 is 2.57 bits per heavy atom. The highest BCUT2D eigenvalue weighted by molar-refractivity contribution is 5.94. The zero-order valence-corrected chi connectivity index (χ0v) is 11.3. The van der Waals surface area contributed by atoms with Gasteiger partial charge in [-0.2, -0.15) is 13.2 Å². The molecule has 1 fully saturated rings. The molecule has 0 aliphatic carbocycles. The van der Waals surface area contributed by atoms with Crippen LogP contribution in [0.2, 0.25) is 0 Å². The van der Waals surface area contributed by atoms with E-state index in [4.69, 9.17) is 0 Å². The first-order chi connectivity index (χ1) is 9.89. The molecule has 0 bridgehead atoms. The van der Waals surface area contributed by atoms with Crippen molar-refractivity contribution in [2.75, 3.05) is 19.6 Å². The summed E-state index contributed by atoms with van der Waals surface area (Å²) in [4.78, 5) is 11.9. The van der Waals surface area contributed by atoms with Crippen LogP contribution in [0.3, 0.4) is 0 Å². The van der Waals surface area contributed by atoms with Gasteiger partial charge in [0.05, 0.1) is 11.1 Å². The van der Waals surface area contributed by atoms with Crippen molar-refractivity contribution in [1.29, 1.82) is 0 Å². The Bertz CT molecular complexity index is 510. The summed E-state index contributed by atoms with van der Waals surface area (Å²) in [6.07, 6.45) is -3.05. The fraction of sp³-hybridized carbons (Fsp3) is 0.500. The molecule has 0 unspecified atom stereocenters. The molecule has 116 valence electrons. The van der Waals surface area contributed by atoms with Gasteiger partial charge in [-0.05, 0) is 44.0 Å². The van der Waals surface area contributed by atoms with Gasteiger partial charge in [-0.3, -0.25) is 4.79 Å². The van der Waals surface area contributed by atoms with Gasteiger partial charge in [0.25, 0.3) is 5.91 Å². The van der Waals surface area contributed by atoms with Gasteiger partial charge in [0, 0.05) is 6.54 Å². The van der Waals surface area contributed by atoms with Crippen molar-refractivity contribution >= 4 is 5.91 Å². The van der Waals surface area contributed by atoms with Crippen LogP contribution in [0, 0.1) is 11.7 Å². The molecular weight excluding hydrogens is 288 g/mol. The van der Waals surface area contributed by atoms with Gasteiger partial charge in [-0.25, -0.2) is 4.39 Å². The lowest BCUT2D eigenvalue weighted by molar-refractivity contribution is -0.140. The van der Waals surface area contributed by atoms with Crippen LogP contribution in [0.4, 0.5) is 17.6 Å². The number of alkyl halides is 3. The lowest BCUT2D eigenvalue weighted by Crippen LogP contribution is -2.36. The first kappa shape index (κ1) is 15.8. The van der Waals surface area contributed by atoms with Crippen LogP contribution in [-0.2, 0) is 6.18 Å². The Morgan fingerprint density at radius 1 is 1.29 bits per heavy atom. The minimum atomic E-state index is -4.81. The zero-order valence-electron chi connectivity index (χ0n) is 11.3. The molecule has 0 atom stereocenters. The quantitative estimate of drug-likeness (QED) is 0.843. The number of benzene rings is 1. The first-order valence-corrected chi connectivity index (χ1v) is 6.74. The number of piperidine rings is 1. The number of halogens is 4. The normalized spacial score (nSPS) is 16.8. The number of carbonyl (C=O) groups excluding carboxylic acids is 1. The summed E-state index contributed by atoms with van der Waals surface area (Å²) in [7, 11) is 0. The third-order valence-electron chi connectivity index (χ3n) is 3.56. The summed E-state index contributed by atoms with van der Waals surface area (Å²) in [5.74, 6) is -2.06. The standard InChI is InChI=1S/C14H16F4N2O/c15-12-10(2-1-3-11(12)14(16,17)18)13(21)20-8-9-4-6-19-7-5-9/h1-3,9,19H,4-8H2,(H,20,21). The molecule has 2 rings (SSSR count). The molecule has 0 saturated carbocycles. The van der Waals surface area contributed by atoms with Crippen molar-refractivity contribution in [1.82, 2.24) is 10.6 Å². The van der Waals surface area contributed by atoms with Gasteiger partial charge in [-0.1, -0.05) is 6.07 Å². The number of nitrogens with one attached hydrogen (secondary N) is 2. The molecule has 0 spiro atoms. The van der Waals surface area contributed by atoms with Crippen molar-refractivity contribution in [3.05, 3.63) is 35.1 Å². The number of rotatable bonds is 3. The number of hydrogen-bond donors (Lipinski definition) is 2. The van der Waals surface area contributed by atoms with E-state index in [1.54, 1.807) is 0 Å². The summed E-state index contributed by atoms with van der Waals surface area (Å²) >= 11 is 0. The molecule has 1 aliphatic heterocycles. The van der Waals surface area contributed by atoms with Crippen LogP contribution < -0.4 is 10.6 Å². The summed E-state index contributed by atoms with van der Waals surface area (Å²) < 4.78 is 51.6. The lowest BCUT2D eigenvalue weighted by atomic mass is 9.98. The van der Waals surface area contributed by atoms with E-state index in [2.05, 4.69) is 10.6 Å². The number of amides is 1. The Kier molecular flexibility index (Phi) is 4.82. The Balaban J connectivity index is 2.05. The molecule has 21 heavy (non-hydrogen) atoms. The third-order valence-corrected chi connectivity index (χ3v) is 3.56. The predicted octanol–water partition coefficient (Wildman–Crippen LogP) is 2.57. The number of hydrogen-bond acceptors (Lipinski definition) is 2. The van der Waals surface area contributed by atoms with E-state index in [0.29, 0.717) is 12.6 Å². The Labute approximate surface area is 119 Å². The Morgan fingerprint density at radius 2 is 1.95 bits per heavy atom. The summed E-state index contributed by atoms with van der Waals surface area (Å²) in [5.41, 5.74) is -1.99. The van der Waals surface area contributed by atoms with Crippen LogP contribution in [-0.4, -0.2) is 25.5 Å². The van der Waals surface area contributed by atoms with E-state index in [1.165, 1.54) is 0 Å². The van der Waals surface area contributed by atoms with Crippen molar-refractivity contribution in [2.24, 2.45) is 5.92 Å². The maximum absolute atomic E-state index is 13.8. The number of carbonyl (C=O) groups is 1. The van der Waals surface area contributed by atoms with Gasteiger partial charge in [0.1, 0.15) is 5.82 Å². The first-order valence-electron chi connectivity index (χ1n) is 6.74. The van der Waals surface area contributed by atoms with E-state index in [0.717, 1.165) is 38.1 Å². The SMILES string of the molecule is O=C(NCC1CCNCC1)c1cccc(C(F)(F)F)c1F. The molecule has 2 N–H and O–H groups in total. The smallest absolute Gasteiger partial charge is 0.352 e. The topological polar surface area (TPSA) is 41.1 Å². The van der Waals surface area contributed by atoms with Crippen molar-refractivity contribution in [3.63, 3.8) is 0 Å². The van der Waals surface area contributed by atoms with E-state index < -0.39 is 29.0 Å². The van der Waals surface area contributed by atoms with E-state index >= 15 is 0 Å². The highest BCUT2D eigenvalue weighted by Gasteiger charge is 2.35. The molecule has 1 amide bonds. The van der Waals surface area contributed by atoms with Gasteiger partial charge < -0.3 is 10.6 Å². The Hall–Kier alpha value is -1.63. The monoisotopic (exact) mass is 304 g/mol. The van der Waals surface area contributed by atoms with Crippen LogP contribution in [0.5, 0.6) is 0 Å². The fourth-order valence-electron chi connectivity index (χ4n) is 2.34. The highest BCUT2D eigenvalue weighted by atomic mass is 19.4. The molecule has 1 saturated heterocycles. The summed E-state index contributed by atoms with van der Waals surface area (Å²) in [6, 6.07) is 2.71. The second-order valence-electron chi connectivity index (χ2n) is 5.07.